The van der Waals surface area contributed by atoms with Gasteiger partial charge in [-0.1, -0.05) is 15.9 Å². The summed E-state index contributed by atoms with van der Waals surface area (Å²) in [6.07, 6.45) is 0. The van der Waals surface area contributed by atoms with Crippen LogP contribution in [0.2, 0.25) is 0 Å². The van der Waals surface area contributed by atoms with Gasteiger partial charge in [0, 0.05) is 41.6 Å². The first-order valence-electron chi connectivity index (χ1n) is 6.25. The molecule has 4 heteroatoms. The van der Waals surface area contributed by atoms with Crippen molar-refractivity contribution >= 4 is 15.9 Å². The maximum absolute atomic E-state index is 13.6. The molecular weight excluding hydrogens is 307 g/mol. The molecule has 2 aromatic rings. The van der Waals surface area contributed by atoms with Crippen LogP contribution in [0.3, 0.4) is 0 Å². The normalized spacial score (nSPS) is 11.0. The first-order chi connectivity index (χ1) is 8.99. The number of benzene rings is 1. The molecule has 0 amide bonds. The number of halogens is 2. The molecule has 0 fully saturated rings. The van der Waals surface area contributed by atoms with Gasteiger partial charge in [-0.15, -0.1) is 0 Å². The molecule has 1 aromatic carbocycles. The maximum Gasteiger partial charge on any atom is 0.127 e. The zero-order valence-electron chi connectivity index (χ0n) is 11.4. The number of rotatable bonds is 4. The van der Waals surface area contributed by atoms with Crippen LogP contribution in [0.15, 0.2) is 28.7 Å². The predicted molar refractivity (Wildman–Crippen MR) is 79.5 cm³/mol. The van der Waals surface area contributed by atoms with Crippen molar-refractivity contribution in [1.29, 1.82) is 0 Å². The summed E-state index contributed by atoms with van der Waals surface area (Å²) >= 11 is 3.36. The Kier molecular flexibility index (Phi) is 4.42. The average molecular weight is 325 g/mol. The average Bonchev–Trinajstić information content (AvgIpc) is 2.61. The SMILES string of the molecule is Cc1cc(CNCc2cc(Br)ccc2F)c(C)n1C. The Balaban J connectivity index is 2.00. The lowest BCUT2D eigenvalue weighted by Crippen LogP contribution is -2.14. The summed E-state index contributed by atoms with van der Waals surface area (Å²) in [5, 5.41) is 3.29. The molecule has 2 nitrogen and oxygen atoms in total. The summed E-state index contributed by atoms with van der Waals surface area (Å²) in [6, 6.07) is 7.17. The second-order valence-corrected chi connectivity index (χ2v) is 5.71. The summed E-state index contributed by atoms with van der Waals surface area (Å²) in [5.74, 6) is -0.170. The lowest BCUT2D eigenvalue weighted by Gasteiger charge is -2.07. The van der Waals surface area contributed by atoms with Crippen LogP contribution in [0.5, 0.6) is 0 Å². The van der Waals surface area contributed by atoms with Gasteiger partial charge in [-0.2, -0.15) is 0 Å². The zero-order valence-corrected chi connectivity index (χ0v) is 13.0. The lowest BCUT2D eigenvalue weighted by atomic mass is 10.2. The highest BCUT2D eigenvalue weighted by Crippen LogP contribution is 2.16. The summed E-state index contributed by atoms with van der Waals surface area (Å²) in [4.78, 5) is 0. The van der Waals surface area contributed by atoms with Crippen LogP contribution in [-0.4, -0.2) is 4.57 Å². The number of aryl methyl sites for hydroxylation is 1. The standard InChI is InChI=1S/C15H18BrFN2/c1-10-6-12(11(2)19(10)3)8-18-9-13-7-14(16)4-5-15(13)17/h4-7,18H,8-9H2,1-3H3. The van der Waals surface area contributed by atoms with Crippen LogP contribution in [0.4, 0.5) is 4.39 Å². The molecule has 19 heavy (non-hydrogen) atoms. The highest BCUT2D eigenvalue weighted by molar-refractivity contribution is 9.10. The Labute approximate surface area is 121 Å². The van der Waals surface area contributed by atoms with Gasteiger partial charge < -0.3 is 9.88 Å². The highest BCUT2D eigenvalue weighted by Gasteiger charge is 2.06. The van der Waals surface area contributed by atoms with Crippen molar-refractivity contribution in [2.45, 2.75) is 26.9 Å². The summed E-state index contributed by atoms with van der Waals surface area (Å²) in [6.45, 7) is 5.46. The van der Waals surface area contributed by atoms with Gasteiger partial charge in [-0.05, 0) is 43.7 Å². The van der Waals surface area contributed by atoms with Crippen molar-refractivity contribution in [3.63, 3.8) is 0 Å². The lowest BCUT2D eigenvalue weighted by molar-refractivity contribution is 0.587. The van der Waals surface area contributed by atoms with Crippen LogP contribution in [0.1, 0.15) is 22.5 Å². The minimum atomic E-state index is -0.170. The van der Waals surface area contributed by atoms with Gasteiger partial charge in [0.25, 0.3) is 0 Å². The van der Waals surface area contributed by atoms with Crippen LogP contribution in [0, 0.1) is 19.7 Å². The zero-order chi connectivity index (χ0) is 14.0. The minimum absolute atomic E-state index is 0.170. The van der Waals surface area contributed by atoms with Gasteiger partial charge in [0.15, 0.2) is 0 Å². The van der Waals surface area contributed by atoms with Crippen molar-refractivity contribution in [3.8, 4) is 0 Å². The quantitative estimate of drug-likeness (QED) is 0.904. The van der Waals surface area contributed by atoms with E-state index >= 15 is 0 Å². The number of hydrogen-bond donors (Lipinski definition) is 1. The fraction of sp³-hybridized carbons (Fsp3) is 0.333. The molecule has 0 saturated carbocycles. The van der Waals surface area contributed by atoms with Crippen molar-refractivity contribution < 1.29 is 4.39 Å². The third-order valence-corrected chi connectivity index (χ3v) is 4.01. The van der Waals surface area contributed by atoms with E-state index in [0.717, 1.165) is 11.0 Å². The van der Waals surface area contributed by atoms with Gasteiger partial charge in [0.05, 0.1) is 0 Å². The maximum atomic E-state index is 13.6. The number of nitrogens with one attached hydrogen (secondary N) is 1. The van der Waals surface area contributed by atoms with E-state index < -0.39 is 0 Å². The summed E-state index contributed by atoms with van der Waals surface area (Å²) in [7, 11) is 2.06. The van der Waals surface area contributed by atoms with E-state index in [-0.39, 0.29) is 5.82 Å². The Morgan fingerprint density at radius 1 is 1.16 bits per heavy atom. The first kappa shape index (κ1) is 14.3. The van der Waals surface area contributed by atoms with E-state index in [1.54, 1.807) is 6.07 Å². The molecule has 0 bridgehead atoms. The largest absolute Gasteiger partial charge is 0.352 e. The molecule has 102 valence electrons. The van der Waals surface area contributed by atoms with Crippen LogP contribution in [-0.2, 0) is 20.1 Å². The van der Waals surface area contributed by atoms with Crippen LogP contribution in [0.25, 0.3) is 0 Å². The van der Waals surface area contributed by atoms with Gasteiger partial charge in [0.1, 0.15) is 5.82 Å². The predicted octanol–water partition coefficient (Wildman–Crippen LogP) is 3.83. The van der Waals surface area contributed by atoms with Crippen molar-refractivity contribution in [1.82, 2.24) is 9.88 Å². The van der Waals surface area contributed by atoms with E-state index in [2.05, 4.69) is 52.8 Å². The summed E-state index contributed by atoms with van der Waals surface area (Å²) < 4.78 is 16.6. The topological polar surface area (TPSA) is 17.0 Å². The Hall–Kier alpha value is -1.13. The molecule has 0 radical (unpaired) electrons. The molecule has 0 atom stereocenters. The fourth-order valence-electron chi connectivity index (χ4n) is 2.12. The van der Waals surface area contributed by atoms with Gasteiger partial charge >= 0.3 is 0 Å². The minimum Gasteiger partial charge on any atom is -0.352 e. The first-order valence-corrected chi connectivity index (χ1v) is 7.04. The third kappa shape index (κ3) is 3.25. The monoisotopic (exact) mass is 324 g/mol. The smallest absolute Gasteiger partial charge is 0.127 e. The third-order valence-electron chi connectivity index (χ3n) is 3.52. The van der Waals surface area contributed by atoms with Crippen molar-refractivity contribution in [2.24, 2.45) is 7.05 Å². The Morgan fingerprint density at radius 2 is 1.84 bits per heavy atom. The van der Waals surface area contributed by atoms with Crippen molar-refractivity contribution in [3.05, 3.63) is 57.1 Å². The van der Waals surface area contributed by atoms with Crippen LogP contribution >= 0.6 is 15.9 Å². The van der Waals surface area contributed by atoms with Gasteiger partial charge in [0.2, 0.25) is 0 Å². The summed E-state index contributed by atoms with van der Waals surface area (Å²) in [5.41, 5.74) is 4.43. The van der Waals surface area contributed by atoms with E-state index in [0.29, 0.717) is 12.1 Å². The van der Waals surface area contributed by atoms with E-state index in [4.69, 9.17) is 0 Å². The van der Waals surface area contributed by atoms with E-state index in [1.807, 2.05) is 6.07 Å². The second-order valence-electron chi connectivity index (χ2n) is 4.79. The molecule has 0 unspecified atom stereocenters. The molecule has 1 N–H and O–H groups in total. The van der Waals surface area contributed by atoms with E-state index in [1.165, 1.54) is 23.0 Å². The molecule has 0 spiro atoms. The van der Waals surface area contributed by atoms with Gasteiger partial charge in [-0.3, -0.25) is 0 Å². The fourth-order valence-corrected chi connectivity index (χ4v) is 2.53. The second kappa shape index (κ2) is 5.88. The molecule has 1 aromatic heterocycles. The molecule has 2 rings (SSSR count). The molecular formula is C15H18BrFN2. The molecule has 0 aliphatic carbocycles. The Bertz CT molecular complexity index is 590. The Morgan fingerprint density at radius 3 is 2.47 bits per heavy atom. The molecule has 0 aliphatic rings. The molecule has 0 aliphatic heterocycles. The highest BCUT2D eigenvalue weighted by atomic mass is 79.9. The van der Waals surface area contributed by atoms with Gasteiger partial charge in [-0.25, -0.2) is 4.39 Å². The molecule has 1 heterocycles. The van der Waals surface area contributed by atoms with Crippen molar-refractivity contribution in [2.75, 3.05) is 0 Å². The van der Waals surface area contributed by atoms with E-state index in [9.17, 15) is 4.39 Å². The number of nitrogens with zero attached hydrogens (tertiary/aromatic N) is 1. The molecule has 0 saturated heterocycles. The number of aromatic nitrogens is 1. The van der Waals surface area contributed by atoms with Crippen LogP contribution < -0.4 is 5.32 Å². The number of hydrogen-bond acceptors (Lipinski definition) is 1.